The summed E-state index contributed by atoms with van der Waals surface area (Å²) in [4.78, 5) is 0. The Morgan fingerprint density at radius 3 is 2.15 bits per heavy atom. The second kappa shape index (κ2) is 5.52. The molecule has 0 fully saturated rings. The molecule has 2 heterocycles. The molecule has 0 saturated heterocycles. The van der Waals surface area contributed by atoms with Gasteiger partial charge >= 0.3 is 0 Å². The first kappa shape index (κ1) is 9.97. The van der Waals surface area contributed by atoms with Crippen molar-refractivity contribution in [2.24, 2.45) is 0 Å². The lowest BCUT2D eigenvalue weighted by Crippen LogP contribution is -1.53. The van der Waals surface area contributed by atoms with Crippen LogP contribution in [0.3, 0.4) is 0 Å². The topological polar surface area (TPSA) is 57.4 Å². The number of hydrogen-bond donors (Lipinski definition) is 2. The molecule has 0 aromatic carbocycles. The fourth-order valence-electron chi connectivity index (χ4n) is 0.608. The summed E-state index contributed by atoms with van der Waals surface area (Å²) in [5.74, 6) is 0. The molecule has 2 rings (SSSR count). The van der Waals surface area contributed by atoms with Crippen LogP contribution in [0.25, 0.3) is 6.08 Å². The Kier molecular flexibility index (Phi) is 4.24. The molecule has 0 aliphatic carbocycles. The van der Waals surface area contributed by atoms with E-state index in [1.54, 1.807) is 24.7 Å². The Hall–Kier alpha value is -1.11. The van der Waals surface area contributed by atoms with Gasteiger partial charge in [-0.25, -0.2) is 0 Å². The zero-order valence-corrected chi connectivity index (χ0v) is 9.02. The second-order valence-corrected chi connectivity index (χ2v) is 3.40. The van der Waals surface area contributed by atoms with Gasteiger partial charge in [-0.3, -0.25) is 10.2 Å². The third-order valence-electron chi connectivity index (χ3n) is 1.22. The molecule has 68 valence electrons. The van der Waals surface area contributed by atoms with Crippen molar-refractivity contribution in [3.05, 3.63) is 40.5 Å². The molecule has 0 aliphatic rings. The molecule has 5 heteroatoms. The predicted octanol–water partition coefficient (Wildman–Crippen LogP) is 2.07. The van der Waals surface area contributed by atoms with Crippen molar-refractivity contribution in [1.82, 2.24) is 20.4 Å². The molecule has 0 amide bonds. The quantitative estimate of drug-likeness (QED) is 0.789. The van der Waals surface area contributed by atoms with Gasteiger partial charge < -0.3 is 0 Å². The van der Waals surface area contributed by atoms with Crippen molar-refractivity contribution in [3.63, 3.8) is 0 Å². The SMILES string of the molecule is C=Cc1cn[nH]c1.Ic1cn[nH]c1. The van der Waals surface area contributed by atoms with Gasteiger partial charge in [-0.1, -0.05) is 12.7 Å². The van der Waals surface area contributed by atoms with Crippen molar-refractivity contribution in [1.29, 1.82) is 0 Å². The standard InChI is InChI=1S/C5H6N2.C3H3IN2/c1-2-5-3-6-7-4-5;4-3-1-5-6-2-3/h2-4H,1H2,(H,6,7);1-2H,(H,5,6). The van der Waals surface area contributed by atoms with Crippen LogP contribution in [0.15, 0.2) is 31.4 Å². The van der Waals surface area contributed by atoms with E-state index in [1.807, 2.05) is 6.20 Å². The molecule has 2 N–H and O–H groups in total. The summed E-state index contributed by atoms with van der Waals surface area (Å²) in [5.41, 5.74) is 1.03. The summed E-state index contributed by atoms with van der Waals surface area (Å²) in [7, 11) is 0. The fourth-order valence-corrected chi connectivity index (χ4v) is 0.886. The van der Waals surface area contributed by atoms with Gasteiger partial charge in [-0.05, 0) is 22.6 Å². The predicted molar refractivity (Wildman–Crippen MR) is 60.0 cm³/mol. The summed E-state index contributed by atoms with van der Waals surface area (Å²) in [6, 6.07) is 0. The van der Waals surface area contributed by atoms with E-state index in [2.05, 4.69) is 49.6 Å². The van der Waals surface area contributed by atoms with Gasteiger partial charge in [0.1, 0.15) is 0 Å². The van der Waals surface area contributed by atoms with Gasteiger partial charge in [0, 0.05) is 18.0 Å². The maximum atomic E-state index is 3.70. The first-order valence-electron chi connectivity index (χ1n) is 3.58. The van der Waals surface area contributed by atoms with Crippen LogP contribution in [0.2, 0.25) is 0 Å². The smallest absolute Gasteiger partial charge is 0.0621 e. The Morgan fingerprint density at radius 2 is 1.92 bits per heavy atom. The number of H-pyrrole nitrogens is 2. The third-order valence-corrected chi connectivity index (χ3v) is 1.81. The molecule has 4 nitrogen and oxygen atoms in total. The van der Waals surface area contributed by atoms with E-state index >= 15 is 0 Å². The largest absolute Gasteiger partial charge is 0.285 e. The molecule has 0 unspecified atom stereocenters. The highest BCUT2D eigenvalue weighted by Gasteiger charge is 1.78. The first-order valence-corrected chi connectivity index (χ1v) is 4.66. The van der Waals surface area contributed by atoms with Crippen LogP contribution in [0, 0.1) is 3.57 Å². The normalized spacial score (nSPS) is 8.69. The molecular weight excluding hydrogens is 279 g/mol. The summed E-state index contributed by atoms with van der Waals surface area (Å²) in [5, 5.41) is 12.7. The Morgan fingerprint density at radius 1 is 1.23 bits per heavy atom. The summed E-state index contributed by atoms with van der Waals surface area (Å²) >= 11 is 2.18. The molecule has 0 atom stereocenters. The molecule has 0 radical (unpaired) electrons. The molecule has 13 heavy (non-hydrogen) atoms. The third kappa shape index (κ3) is 3.88. The lowest BCUT2D eigenvalue weighted by atomic mass is 10.4. The number of aromatic amines is 2. The van der Waals surface area contributed by atoms with Crippen LogP contribution in [0.1, 0.15) is 5.56 Å². The Balaban J connectivity index is 0.000000132. The van der Waals surface area contributed by atoms with Crippen molar-refractivity contribution in [3.8, 4) is 0 Å². The number of hydrogen-bond acceptors (Lipinski definition) is 2. The van der Waals surface area contributed by atoms with Crippen LogP contribution >= 0.6 is 22.6 Å². The molecule has 0 aliphatic heterocycles. The maximum absolute atomic E-state index is 3.70. The summed E-state index contributed by atoms with van der Waals surface area (Å²) in [6.45, 7) is 3.54. The van der Waals surface area contributed by atoms with Gasteiger partial charge in [-0.15, -0.1) is 0 Å². The molecule has 0 bridgehead atoms. The van der Waals surface area contributed by atoms with Crippen LogP contribution in [0.4, 0.5) is 0 Å². The minimum absolute atomic E-state index is 1.03. The monoisotopic (exact) mass is 288 g/mol. The first-order chi connectivity index (χ1) is 6.33. The van der Waals surface area contributed by atoms with E-state index in [0.29, 0.717) is 0 Å². The number of nitrogens with one attached hydrogen (secondary N) is 2. The minimum atomic E-state index is 1.03. The van der Waals surface area contributed by atoms with Gasteiger partial charge in [0.2, 0.25) is 0 Å². The Labute approximate surface area is 89.6 Å². The molecule has 0 saturated carbocycles. The average molecular weight is 288 g/mol. The highest BCUT2D eigenvalue weighted by atomic mass is 127. The van der Waals surface area contributed by atoms with Gasteiger partial charge in [0.05, 0.1) is 16.0 Å². The second-order valence-electron chi connectivity index (χ2n) is 2.15. The number of nitrogens with zero attached hydrogens (tertiary/aromatic N) is 2. The zero-order valence-electron chi connectivity index (χ0n) is 6.87. The van der Waals surface area contributed by atoms with E-state index in [0.717, 1.165) is 9.13 Å². The molecule has 2 aromatic heterocycles. The van der Waals surface area contributed by atoms with E-state index in [4.69, 9.17) is 0 Å². The fraction of sp³-hybridized carbons (Fsp3) is 0. The zero-order chi connectivity index (χ0) is 9.52. The lowest BCUT2D eigenvalue weighted by molar-refractivity contribution is 1.09. The van der Waals surface area contributed by atoms with Crippen molar-refractivity contribution in [2.45, 2.75) is 0 Å². The van der Waals surface area contributed by atoms with Gasteiger partial charge in [0.25, 0.3) is 0 Å². The lowest BCUT2D eigenvalue weighted by Gasteiger charge is -1.68. The van der Waals surface area contributed by atoms with Crippen molar-refractivity contribution < 1.29 is 0 Å². The van der Waals surface area contributed by atoms with Crippen molar-refractivity contribution >= 4 is 28.7 Å². The maximum Gasteiger partial charge on any atom is 0.0621 e. The van der Waals surface area contributed by atoms with Crippen LogP contribution in [-0.4, -0.2) is 20.4 Å². The number of halogens is 1. The highest BCUT2D eigenvalue weighted by Crippen LogP contribution is 1.95. The van der Waals surface area contributed by atoms with Crippen LogP contribution in [0.5, 0.6) is 0 Å². The van der Waals surface area contributed by atoms with Gasteiger partial charge in [0.15, 0.2) is 0 Å². The average Bonchev–Trinajstić information content (AvgIpc) is 2.76. The highest BCUT2D eigenvalue weighted by molar-refractivity contribution is 14.1. The number of rotatable bonds is 1. The van der Waals surface area contributed by atoms with E-state index in [-0.39, 0.29) is 0 Å². The molecular formula is C8H9IN4. The number of aromatic nitrogens is 4. The van der Waals surface area contributed by atoms with Gasteiger partial charge in [-0.2, -0.15) is 10.2 Å². The minimum Gasteiger partial charge on any atom is -0.285 e. The van der Waals surface area contributed by atoms with E-state index in [9.17, 15) is 0 Å². The van der Waals surface area contributed by atoms with Crippen molar-refractivity contribution in [2.75, 3.05) is 0 Å². The summed E-state index contributed by atoms with van der Waals surface area (Å²) < 4.78 is 1.15. The Bertz CT molecular complexity index is 325. The van der Waals surface area contributed by atoms with E-state index < -0.39 is 0 Å². The van der Waals surface area contributed by atoms with E-state index in [1.165, 1.54) is 0 Å². The van der Waals surface area contributed by atoms with Crippen LogP contribution < -0.4 is 0 Å². The van der Waals surface area contributed by atoms with Crippen LogP contribution in [-0.2, 0) is 0 Å². The molecule has 0 spiro atoms. The summed E-state index contributed by atoms with van der Waals surface area (Å²) in [6.07, 6.45) is 8.84. The molecule has 2 aromatic rings.